The zero-order chi connectivity index (χ0) is 34.2. The van der Waals surface area contributed by atoms with Gasteiger partial charge in [0.1, 0.15) is 6.07 Å². The molecule has 254 valence electrons. The molecule has 0 bridgehead atoms. The van der Waals surface area contributed by atoms with Crippen LogP contribution >= 0.6 is 23.4 Å². The Bertz CT molecular complexity index is 1800. The molecular weight excluding hydrogens is 652 g/mol. The number of carbonyl (C=O) groups is 1. The number of ether oxygens (including phenoxy) is 3. The monoisotopic (exact) mass is 692 g/mol. The first kappa shape index (κ1) is 35.1. The minimum absolute atomic E-state index is 0.347. The van der Waals surface area contributed by atoms with Crippen LogP contribution in [0.15, 0.2) is 46.6 Å². The topological polar surface area (TPSA) is 130 Å². The second kappa shape index (κ2) is 16.3. The van der Waals surface area contributed by atoms with Crippen molar-refractivity contribution >= 4 is 51.7 Å². The summed E-state index contributed by atoms with van der Waals surface area (Å²) in [7, 11) is 1.59. The van der Waals surface area contributed by atoms with Crippen molar-refractivity contribution in [3.05, 3.63) is 58.5 Å². The summed E-state index contributed by atoms with van der Waals surface area (Å²) in [6.07, 6.45) is 1.95. The minimum Gasteiger partial charge on any atom is -0.493 e. The molecule has 3 heterocycles. The summed E-state index contributed by atoms with van der Waals surface area (Å²) in [5.41, 5.74) is 7.30. The van der Waals surface area contributed by atoms with E-state index in [-0.39, 0.29) is 0 Å². The normalized spacial score (nSPS) is 13.7. The first-order valence-corrected chi connectivity index (χ1v) is 17.2. The fourth-order valence-corrected chi connectivity index (χ4v) is 6.86. The number of pyridine rings is 1. The number of hydrogen-bond donors (Lipinski definition) is 2. The van der Waals surface area contributed by atoms with Crippen molar-refractivity contribution in [3.8, 4) is 17.6 Å². The molecule has 2 aromatic carbocycles. The molecule has 2 N–H and O–H groups in total. The quantitative estimate of drug-likeness (QED) is 0.148. The van der Waals surface area contributed by atoms with Crippen LogP contribution in [0.25, 0.3) is 10.9 Å². The molecule has 0 saturated carbocycles. The number of methoxy groups -OCH3 is 1. The van der Waals surface area contributed by atoms with Gasteiger partial charge < -0.3 is 29.0 Å². The Morgan fingerprint density at radius 1 is 1.12 bits per heavy atom. The number of aryl methyl sites for hydroxylation is 1. The van der Waals surface area contributed by atoms with Gasteiger partial charge in [-0.15, -0.1) is 0 Å². The van der Waals surface area contributed by atoms with Crippen molar-refractivity contribution in [1.82, 2.24) is 29.9 Å². The number of aromatic nitrogens is 3. The Balaban J connectivity index is 1.25. The smallest absolute Gasteiger partial charge is 0.421 e. The SMILES string of the molecule is CCOC(=O)NN1CCN(CCCOc2cc3ncc(C#N)c(Nc4ccc(Sc5nc(C)c(C)n5CC)c(Cl)c4)c3cc2OC)CC1. The maximum absolute atomic E-state index is 11.7. The van der Waals surface area contributed by atoms with Crippen LogP contribution in [0.3, 0.4) is 0 Å². The molecule has 1 aliphatic heterocycles. The lowest BCUT2D eigenvalue weighted by Crippen LogP contribution is -2.53. The number of amides is 1. The summed E-state index contributed by atoms with van der Waals surface area (Å²) in [6.45, 7) is 13.6. The van der Waals surface area contributed by atoms with Gasteiger partial charge >= 0.3 is 6.09 Å². The first-order chi connectivity index (χ1) is 23.2. The zero-order valence-corrected chi connectivity index (χ0v) is 29.5. The van der Waals surface area contributed by atoms with Gasteiger partial charge in [-0.2, -0.15) is 5.26 Å². The average molecular weight is 693 g/mol. The highest BCUT2D eigenvalue weighted by molar-refractivity contribution is 7.99. The highest BCUT2D eigenvalue weighted by Crippen LogP contribution is 2.39. The molecule has 1 saturated heterocycles. The van der Waals surface area contributed by atoms with E-state index < -0.39 is 6.09 Å². The van der Waals surface area contributed by atoms with Gasteiger partial charge in [-0.25, -0.2) is 14.8 Å². The Morgan fingerprint density at radius 2 is 1.92 bits per heavy atom. The first-order valence-electron chi connectivity index (χ1n) is 16.0. The average Bonchev–Trinajstić information content (AvgIpc) is 3.35. The van der Waals surface area contributed by atoms with Gasteiger partial charge in [-0.1, -0.05) is 23.4 Å². The number of halogens is 1. The number of anilines is 2. The largest absolute Gasteiger partial charge is 0.493 e. The minimum atomic E-state index is -0.417. The van der Waals surface area contributed by atoms with Crippen LogP contribution in [0.2, 0.25) is 5.02 Å². The highest BCUT2D eigenvalue weighted by Gasteiger charge is 2.20. The van der Waals surface area contributed by atoms with E-state index in [0.717, 1.165) is 78.2 Å². The number of hydrazine groups is 1. The van der Waals surface area contributed by atoms with Crippen LogP contribution in [0.1, 0.15) is 37.2 Å². The van der Waals surface area contributed by atoms with Crippen LogP contribution in [0.4, 0.5) is 16.2 Å². The molecule has 1 amide bonds. The van der Waals surface area contributed by atoms with E-state index in [1.807, 2.05) is 42.3 Å². The Labute approximate surface area is 290 Å². The number of fused-ring (bicyclic) bond motifs is 1. The number of piperazine rings is 1. The molecule has 2 aromatic heterocycles. The van der Waals surface area contributed by atoms with Gasteiger partial charge in [-0.3, -0.25) is 10.4 Å². The van der Waals surface area contributed by atoms with Gasteiger partial charge in [-0.05, 0) is 58.4 Å². The molecule has 5 rings (SSSR count). The number of nitrogens with one attached hydrogen (secondary N) is 2. The number of rotatable bonds is 13. The van der Waals surface area contributed by atoms with Gasteiger partial charge in [0.25, 0.3) is 0 Å². The molecule has 1 fully saturated rings. The summed E-state index contributed by atoms with van der Waals surface area (Å²) in [4.78, 5) is 24.1. The molecule has 4 aromatic rings. The van der Waals surface area contributed by atoms with E-state index in [1.54, 1.807) is 20.2 Å². The Hall–Kier alpha value is -4.22. The summed E-state index contributed by atoms with van der Waals surface area (Å²) in [6, 6.07) is 11.7. The molecule has 0 radical (unpaired) electrons. The summed E-state index contributed by atoms with van der Waals surface area (Å²) in [5.74, 6) is 1.12. The second-order valence-corrected chi connectivity index (χ2v) is 12.6. The van der Waals surface area contributed by atoms with Crippen LogP contribution in [-0.4, -0.2) is 83.6 Å². The fourth-order valence-electron chi connectivity index (χ4n) is 5.52. The van der Waals surface area contributed by atoms with Crippen LogP contribution in [-0.2, 0) is 11.3 Å². The number of carbonyl (C=O) groups excluding carboxylic acids is 1. The molecule has 0 spiro atoms. The number of hydrogen-bond acceptors (Lipinski definition) is 11. The third-order valence-corrected chi connectivity index (χ3v) is 9.68. The third kappa shape index (κ3) is 8.25. The van der Waals surface area contributed by atoms with Crippen molar-refractivity contribution < 1.29 is 19.0 Å². The molecule has 0 aliphatic carbocycles. The molecule has 14 heteroatoms. The predicted octanol–water partition coefficient (Wildman–Crippen LogP) is 6.54. The van der Waals surface area contributed by atoms with E-state index in [4.69, 9.17) is 30.8 Å². The van der Waals surface area contributed by atoms with E-state index in [9.17, 15) is 10.1 Å². The van der Waals surface area contributed by atoms with Crippen LogP contribution in [0, 0.1) is 25.2 Å². The standard InChI is InChI=1S/C34H41ClN8O4S/c1-6-43-23(4)22(3)38-33(43)48-31-10-9-25(17-27(31)35)39-32-24(20-36)21-37-28-19-30(29(45-5)18-26(28)32)47-16-8-11-41-12-14-42(15-13-41)40-34(44)46-7-2/h9-10,17-19,21H,6-8,11-16H2,1-5H3,(H,37,39)(H,40,44). The van der Waals surface area contributed by atoms with Gasteiger partial charge in [0.05, 0.1) is 47.8 Å². The lowest BCUT2D eigenvalue weighted by molar-refractivity contribution is 0.0691. The summed E-state index contributed by atoms with van der Waals surface area (Å²) < 4.78 is 19.0. The van der Waals surface area contributed by atoms with Crippen molar-refractivity contribution in [2.45, 2.75) is 50.7 Å². The molecule has 48 heavy (non-hydrogen) atoms. The van der Waals surface area contributed by atoms with Gasteiger partial charge in [0.2, 0.25) is 0 Å². The highest BCUT2D eigenvalue weighted by atomic mass is 35.5. The lowest BCUT2D eigenvalue weighted by Gasteiger charge is -2.34. The second-order valence-electron chi connectivity index (χ2n) is 11.2. The molecule has 0 unspecified atom stereocenters. The predicted molar refractivity (Wildman–Crippen MR) is 188 cm³/mol. The molecule has 12 nitrogen and oxygen atoms in total. The molecular formula is C34H41ClN8O4S. The fraction of sp³-hybridized carbons (Fsp3) is 0.412. The molecule has 1 aliphatic rings. The van der Waals surface area contributed by atoms with E-state index in [1.165, 1.54) is 11.8 Å². The van der Waals surface area contributed by atoms with Crippen LogP contribution < -0.4 is 20.2 Å². The van der Waals surface area contributed by atoms with Gasteiger partial charge in [0, 0.05) is 73.2 Å². The number of nitriles is 1. The number of imidazole rings is 1. The van der Waals surface area contributed by atoms with Crippen molar-refractivity contribution in [2.75, 3.05) is 58.4 Å². The van der Waals surface area contributed by atoms with Gasteiger partial charge in [0.15, 0.2) is 16.7 Å². The maximum Gasteiger partial charge on any atom is 0.421 e. The number of nitrogens with zero attached hydrogens (tertiary/aromatic N) is 6. The lowest BCUT2D eigenvalue weighted by atomic mass is 10.1. The van der Waals surface area contributed by atoms with Crippen molar-refractivity contribution in [2.24, 2.45) is 0 Å². The van der Waals surface area contributed by atoms with E-state index >= 15 is 0 Å². The van der Waals surface area contributed by atoms with Crippen LogP contribution in [0.5, 0.6) is 11.5 Å². The zero-order valence-electron chi connectivity index (χ0n) is 27.9. The third-order valence-electron chi connectivity index (χ3n) is 8.19. The number of benzene rings is 2. The van der Waals surface area contributed by atoms with Crippen molar-refractivity contribution in [1.29, 1.82) is 5.26 Å². The summed E-state index contributed by atoms with van der Waals surface area (Å²) >= 11 is 8.28. The van der Waals surface area contributed by atoms with Crippen molar-refractivity contribution in [3.63, 3.8) is 0 Å². The molecule has 0 atom stereocenters. The Morgan fingerprint density at radius 3 is 2.60 bits per heavy atom. The van der Waals surface area contributed by atoms with E-state index in [2.05, 4.69) is 45.1 Å². The van der Waals surface area contributed by atoms with E-state index in [0.29, 0.717) is 46.5 Å². The summed E-state index contributed by atoms with van der Waals surface area (Å²) in [5, 5.41) is 17.4. The maximum atomic E-state index is 11.7. The Kier molecular flexibility index (Phi) is 11.9.